The summed E-state index contributed by atoms with van der Waals surface area (Å²) in [5, 5.41) is 3.41. The lowest BCUT2D eigenvalue weighted by molar-refractivity contribution is 0.202. The Morgan fingerprint density at radius 3 is 2.48 bits per heavy atom. The van der Waals surface area contributed by atoms with Crippen LogP contribution in [0.2, 0.25) is 0 Å². The smallest absolute Gasteiger partial charge is 0.123 e. The van der Waals surface area contributed by atoms with Gasteiger partial charge in [0, 0.05) is 7.11 Å². The highest BCUT2D eigenvalue weighted by atomic mass is 19.1. The van der Waals surface area contributed by atoms with E-state index < -0.39 is 0 Å². The number of benzene rings is 2. The quantitative estimate of drug-likeness (QED) is 0.838. The summed E-state index contributed by atoms with van der Waals surface area (Å²) >= 11 is 0. The lowest BCUT2D eigenvalue weighted by atomic mass is 9.97. The second-order valence-corrected chi connectivity index (χ2v) is 5.03. The van der Waals surface area contributed by atoms with Crippen LogP contribution in [0.4, 0.5) is 4.39 Å². The molecule has 1 N–H and O–H groups in total. The van der Waals surface area contributed by atoms with E-state index in [4.69, 9.17) is 4.74 Å². The van der Waals surface area contributed by atoms with E-state index in [9.17, 15) is 4.39 Å². The maximum Gasteiger partial charge on any atom is 0.123 e. The Morgan fingerprint density at radius 1 is 1.10 bits per heavy atom. The average Bonchev–Trinajstić information content (AvgIpc) is 2.51. The van der Waals surface area contributed by atoms with Crippen LogP contribution in [0.5, 0.6) is 0 Å². The number of nitrogens with one attached hydrogen (secondary N) is 1. The summed E-state index contributed by atoms with van der Waals surface area (Å²) in [6.07, 6.45) is 0.905. The Labute approximate surface area is 126 Å². The molecule has 0 aliphatic carbocycles. The van der Waals surface area contributed by atoms with Crippen molar-refractivity contribution in [1.82, 2.24) is 5.32 Å². The van der Waals surface area contributed by atoms with Gasteiger partial charge in [0.05, 0.1) is 12.6 Å². The number of methoxy groups -OCH3 is 1. The van der Waals surface area contributed by atoms with E-state index in [0.717, 1.165) is 30.7 Å². The molecule has 0 aliphatic rings. The topological polar surface area (TPSA) is 21.3 Å². The van der Waals surface area contributed by atoms with E-state index in [1.54, 1.807) is 19.2 Å². The van der Waals surface area contributed by atoms with E-state index >= 15 is 0 Å². The summed E-state index contributed by atoms with van der Waals surface area (Å²) in [4.78, 5) is 0. The number of hydrogen-bond donors (Lipinski definition) is 1. The van der Waals surface area contributed by atoms with Crippen molar-refractivity contribution in [2.24, 2.45) is 0 Å². The van der Waals surface area contributed by atoms with E-state index in [-0.39, 0.29) is 11.9 Å². The molecule has 2 rings (SSSR count). The Kier molecular flexibility index (Phi) is 5.90. The van der Waals surface area contributed by atoms with Gasteiger partial charge in [-0.15, -0.1) is 0 Å². The largest absolute Gasteiger partial charge is 0.384 e. The van der Waals surface area contributed by atoms with Gasteiger partial charge in [-0.1, -0.05) is 43.3 Å². The molecule has 0 bridgehead atoms. The molecule has 2 aromatic rings. The number of hydrogen-bond acceptors (Lipinski definition) is 2. The molecular weight excluding hydrogens is 265 g/mol. The molecule has 1 atom stereocenters. The van der Waals surface area contributed by atoms with Crippen molar-refractivity contribution < 1.29 is 9.13 Å². The molecule has 112 valence electrons. The second-order valence-electron chi connectivity index (χ2n) is 5.03. The van der Waals surface area contributed by atoms with Crippen molar-refractivity contribution >= 4 is 0 Å². The van der Waals surface area contributed by atoms with Crippen LogP contribution in [-0.4, -0.2) is 20.3 Å². The van der Waals surface area contributed by atoms with Crippen LogP contribution in [0.1, 0.15) is 29.7 Å². The molecule has 1 unspecified atom stereocenters. The third-order valence-corrected chi connectivity index (χ3v) is 3.50. The molecule has 0 aromatic heterocycles. The van der Waals surface area contributed by atoms with Gasteiger partial charge in [-0.3, -0.25) is 0 Å². The normalized spacial score (nSPS) is 12.3. The summed E-state index contributed by atoms with van der Waals surface area (Å²) < 4.78 is 18.5. The van der Waals surface area contributed by atoms with Crippen LogP contribution in [0, 0.1) is 5.82 Å². The molecule has 0 spiro atoms. The summed E-state index contributed by atoms with van der Waals surface area (Å²) in [7, 11) is 1.71. The molecule has 21 heavy (non-hydrogen) atoms. The highest BCUT2D eigenvalue weighted by Gasteiger charge is 2.13. The Bertz CT molecular complexity index is 553. The lowest BCUT2D eigenvalue weighted by Crippen LogP contribution is -2.22. The molecule has 0 fully saturated rings. The van der Waals surface area contributed by atoms with Gasteiger partial charge in [0.15, 0.2) is 0 Å². The van der Waals surface area contributed by atoms with Crippen LogP contribution >= 0.6 is 0 Å². The third kappa shape index (κ3) is 4.38. The molecule has 0 saturated heterocycles. The van der Waals surface area contributed by atoms with Gasteiger partial charge in [-0.2, -0.15) is 0 Å². The van der Waals surface area contributed by atoms with Crippen LogP contribution in [0.15, 0.2) is 48.5 Å². The third-order valence-electron chi connectivity index (χ3n) is 3.50. The van der Waals surface area contributed by atoms with Gasteiger partial charge < -0.3 is 10.1 Å². The second kappa shape index (κ2) is 7.91. The van der Waals surface area contributed by atoms with Gasteiger partial charge in [-0.25, -0.2) is 4.39 Å². The first-order chi connectivity index (χ1) is 10.2. The predicted octanol–water partition coefficient (Wildman–Crippen LogP) is 3.71. The molecule has 2 aromatic carbocycles. The van der Waals surface area contributed by atoms with Crippen molar-refractivity contribution in [1.29, 1.82) is 0 Å². The standard InChI is InChI=1S/C18H22FNO/c1-3-20-18(16-5-4-6-17(19)13-16)15-9-7-14(8-10-15)11-12-21-2/h4-10,13,18,20H,3,11-12H2,1-2H3. The first-order valence-corrected chi connectivity index (χ1v) is 7.31. The molecule has 0 heterocycles. The summed E-state index contributed by atoms with van der Waals surface area (Å²) in [6, 6.07) is 15.2. The first-order valence-electron chi connectivity index (χ1n) is 7.31. The van der Waals surface area contributed by atoms with Crippen LogP contribution in [0.3, 0.4) is 0 Å². The average molecular weight is 287 g/mol. The van der Waals surface area contributed by atoms with Crippen molar-refractivity contribution in [3.63, 3.8) is 0 Å². The van der Waals surface area contributed by atoms with E-state index in [1.165, 1.54) is 11.6 Å². The molecule has 3 heteroatoms. The molecule has 0 saturated carbocycles. The Hall–Kier alpha value is -1.71. The van der Waals surface area contributed by atoms with Crippen molar-refractivity contribution in [2.45, 2.75) is 19.4 Å². The number of halogens is 1. The lowest BCUT2D eigenvalue weighted by Gasteiger charge is -2.19. The maximum atomic E-state index is 13.4. The van der Waals surface area contributed by atoms with Crippen LogP contribution in [0.25, 0.3) is 0 Å². The molecule has 0 amide bonds. The fourth-order valence-electron chi connectivity index (χ4n) is 2.42. The molecule has 0 radical (unpaired) electrons. The SMILES string of the molecule is CCNC(c1ccc(CCOC)cc1)c1cccc(F)c1. The monoisotopic (exact) mass is 287 g/mol. The number of ether oxygens (including phenoxy) is 1. The fraction of sp³-hybridized carbons (Fsp3) is 0.333. The van der Waals surface area contributed by atoms with Gasteiger partial charge in [0.25, 0.3) is 0 Å². The predicted molar refractivity (Wildman–Crippen MR) is 83.9 cm³/mol. The van der Waals surface area contributed by atoms with E-state index in [1.807, 2.05) is 6.07 Å². The molecule has 2 nitrogen and oxygen atoms in total. The first kappa shape index (κ1) is 15.7. The Morgan fingerprint density at radius 2 is 1.86 bits per heavy atom. The van der Waals surface area contributed by atoms with Gasteiger partial charge in [0.1, 0.15) is 5.82 Å². The summed E-state index contributed by atoms with van der Waals surface area (Å²) in [5.41, 5.74) is 3.33. The summed E-state index contributed by atoms with van der Waals surface area (Å²) in [5.74, 6) is -0.202. The Balaban J connectivity index is 2.21. The minimum absolute atomic E-state index is 0.0159. The van der Waals surface area contributed by atoms with E-state index in [2.05, 4.69) is 36.5 Å². The van der Waals surface area contributed by atoms with Crippen molar-refractivity contribution in [3.05, 3.63) is 71.0 Å². The minimum atomic E-state index is -0.202. The zero-order chi connectivity index (χ0) is 15.1. The fourth-order valence-corrected chi connectivity index (χ4v) is 2.42. The minimum Gasteiger partial charge on any atom is -0.384 e. The van der Waals surface area contributed by atoms with Gasteiger partial charge in [0.2, 0.25) is 0 Å². The van der Waals surface area contributed by atoms with E-state index in [0.29, 0.717) is 0 Å². The molecular formula is C18H22FNO. The molecule has 0 aliphatic heterocycles. The zero-order valence-corrected chi connectivity index (χ0v) is 12.6. The highest BCUT2D eigenvalue weighted by molar-refractivity contribution is 5.34. The zero-order valence-electron chi connectivity index (χ0n) is 12.6. The maximum absolute atomic E-state index is 13.4. The van der Waals surface area contributed by atoms with Gasteiger partial charge in [-0.05, 0) is 41.8 Å². The number of rotatable bonds is 7. The van der Waals surface area contributed by atoms with Crippen LogP contribution < -0.4 is 5.32 Å². The van der Waals surface area contributed by atoms with Gasteiger partial charge >= 0.3 is 0 Å². The van der Waals surface area contributed by atoms with Crippen LogP contribution in [-0.2, 0) is 11.2 Å². The summed E-state index contributed by atoms with van der Waals surface area (Å²) in [6.45, 7) is 3.60. The highest BCUT2D eigenvalue weighted by Crippen LogP contribution is 2.23. The van der Waals surface area contributed by atoms with Crippen molar-refractivity contribution in [3.8, 4) is 0 Å². The van der Waals surface area contributed by atoms with Crippen molar-refractivity contribution in [2.75, 3.05) is 20.3 Å².